The Kier molecular flexibility index (Phi) is 6.82. The van der Waals surface area contributed by atoms with Crippen molar-refractivity contribution in [1.29, 1.82) is 0 Å². The predicted molar refractivity (Wildman–Crippen MR) is 101 cm³/mol. The molecular weight excluding hydrogens is 373 g/mol. The number of rotatable bonds is 5. The fraction of sp³-hybridized carbons (Fsp3) is 0.611. The molecular formula is C18H28FN3O4S. The van der Waals surface area contributed by atoms with Crippen LogP contribution in [0.5, 0.6) is 5.75 Å². The highest BCUT2D eigenvalue weighted by molar-refractivity contribution is 7.89. The van der Waals surface area contributed by atoms with Crippen LogP contribution in [0.4, 0.5) is 4.39 Å². The summed E-state index contributed by atoms with van der Waals surface area (Å²) in [5.74, 6) is -0.800. The molecule has 2 rings (SSSR count). The van der Waals surface area contributed by atoms with Crippen LogP contribution >= 0.6 is 0 Å². The van der Waals surface area contributed by atoms with Crippen LogP contribution in [0.2, 0.25) is 0 Å². The Balaban J connectivity index is 2.04. The minimum Gasteiger partial charge on any atom is -0.494 e. The molecule has 0 aliphatic carbocycles. The maximum Gasteiger partial charge on any atom is 0.243 e. The predicted octanol–water partition coefficient (Wildman–Crippen LogP) is 1.45. The lowest BCUT2D eigenvalue weighted by Gasteiger charge is -2.25. The van der Waals surface area contributed by atoms with Crippen molar-refractivity contribution in [3.8, 4) is 5.75 Å². The summed E-state index contributed by atoms with van der Waals surface area (Å²) in [4.78, 5) is 13.9. The number of hydrogen-bond acceptors (Lipinski definition) is 5. The molecule has 0 unspecified atom stereocenters. The smallest absolute Gasteiger partial charge is 0.243 e. The minimum atomic E-state index is -3.80. The number of hydrogen-bond donors (Lipinski definition) is 1. The van der Waals surface area contributed by atoms with Gasteiger partial charge < -0.3 is 10.1 Å². The molecule has 1 fully saturated rings. The zero-order valence-electron chi connectivity index (χ0n) is 16.3. The Bertz CT molecular complexity index is 777. The Labute approximate surface area is 160 Å². The maximum absolute atomic E-state index is 13.9. The van der Waals surface area contributed by atoms with Gasteiger partial charge in [0.2, 0.25) is 15.9 Å². The van der Waals surface area contributed by atoms with Crippen LogP contribution in [-0.2, 0) is 14.8 Å². The highest BCUT2D eigenvalue weighted by Crippen LogP contribution is 2.24. The number of benzene rings is 1. The van der Waals surface area contributed by atoms with Crippen LogP contribution in [0, 0.1) is 5.82 Å². The van der Waals surface area contributed by atoms with E-state index in [1.165, 1.54) is 23.5 Å². The molecule has 152 valence electrons. The number of carbonyl (C=O) groups excluding carboxylic acids is 1. The fourth-order valence-corrected chi connectivity index (χ4v) is 4.45. The van der Waals surface area contributed by atoms with E-state index in [2.05, 4.69) is 5.32 Å². The van der Waals surface area contributed by atoms with E-state index < -0.39 is 15.8 Å². The quantitative estimate of drug-likeness (QED) is 0.808. The SMILES string of the molecule is COc1ccc(S(=O)(=O)N2CCCN(CC(=O)NC(C)(C)C)CC2)cc1F. The summed E-state index contributed by atoms with van der Waals surface area (Å²) < 4.78 is 45.7. The van der Waals surface area contributed by atoms with Crippen LogP contribution in [-0.4, -0.2) is 68.9 Å². The van der Waals surface area contributed by atoms with Crippen LogP contribution in [0.1, 0.15) is 27.2 Å². The van der Waals surface area contributed by atoms with E-state index in [4.69, 9.17) is 4.74 Å². The van der Waals surface area contributed by atoms with Gasteiger partial charge in [0.05, 0.1) is 18.6 Å². The highest BCUT2D eigenvalue weighted by atomic mass is 32.2. The molecule has 1 N–H and O–H groups in total. The van der Waals surface area contributed by atoms with Crippen LogP contribution in [0.15, 0.2) is 23.1 Å². The van der Waals surface area contributed by atoms with E-state index in [0.29, 0.717) is 26.1 Å². The van der Waals surface area contributed by atoms with Gasteiger partial charge in [-0.2, -0.15) is 4.31 Å². The van der Waals surface area contributed by atoms with Crippen molar-refractivity contribution in [2.45, 2.75) is 37.6 Å². The van der Waals surface area contributed by atoms with Crippen molar-refractivity contribution in [2.75, 3.05) is 39.8 Å². The summed E-state index contributed by atoms with van der Waals surface area (Å²) in [6, 6.07) is 3.63. The second-order valence-electron chi connectivity index (χ2n) is 7.63. The topological polar surface area (TPSA) is 79.0 Å². The van der Waals surface area contributed by atoms with Crippen molar-refractivity contribution >= 4 is 15.9 Å². The summed E-state index contributed by atoms with van der Waals surface area (Å²) in [6.45, 7) is 7.60. The molecule has 0 aromatic heterocycles. The first-order chi connectivity index (χ1) is 12.5. The molecule has 1 heterocycles. The lowest BCUT2D eigenvalue weighted by atomic mass is 10.1. The normalized spacial score (nSPS) is 17.4. The molecule has 1 aromatic rings. The van der Waals surface area contributed by atoms with E-state index >= 15 is 0 Å². The number of sulfonamides is 1. The number of halogens is 1. The monoisotopic (exact) mass is 401 g/mol. The number of methoxy groups -OCH3 is 1. The number of nitrogens with zero attached hydrogens (tertiary/aromatic N) is 2. The van der Waals surface area contributed by atoms with Crippen molar-refractivity contribution in [3.05, 3.63) is 24.0 Å². The summed E-state index contributed by atoms with van der Waals surface area (Å²) in [6.07, 6.45) is 0.598. The molecule has 0 radical (unpaired) electrons. The molecule has 1 aliphatic rings. The lowest BCUT2D eigenvalue weighted by Crippen LogP contribution is -2.46. The van der Waals surface area contributed by atoms with Crippen LogP contribution in [0.25, 0.3) is 0 Å². The summed E-state index contributed by atoms with van der Waals surface area (Å²) in [5, 5.41) is 2.91. The molecule has 27 heavy (non-hydrogen) atoms. The van der Waals surface area contributed by atoms with E-state index in [9.17, 15) is 17.6 Å². The number of nitrogens with one attached hydrogen (secondary N) is 1. The van der Waals surface area contributed by atoms with Gasteiger partial charge in [0.1, 0.15) is 0 Å². The molecule has 1 aliphatic heterocycles. The number of carbonyl (C=O) groups is 1. The second-order valence-corrected chi connectivity index (χ2v) is 9.57. The summed E-state index contributed by atoms with van der Waals surface area (Å²) >= 11 is 0. The second kappa shape index (κ2) is 8.53. The van der Waals surface area contributed by atoms with Crippen molar-refractivity contribution < 1.29 is 22.3 Å². The molecule has 0 atom stereocenters. The average molecular weight is 402 g/mol. The van der Waals surface area contributed by atoms with Gasteiger partial charge in [0.15, 0.2) is 11.6 Å². The Morgan fingerprint density at radius 1 is 1.22 bits per heavy atom. The van der Waals surface area contributed by atoms with E-state index in [1.54, 1.807) is 0 Å². The standard InChI is InChI=1S/C18H28FN3O4S/c1-18(2,3)20-17(23)13-21-8-5-9-22(11-10-21)27(24,25)14-6-7-16(26-4)15(19)12-14/h6-7,12H,5,8-11,13H2,1-4H3,(H,20,23). The number of amides is 1. The molecule has 9 heteroatoms. The fourth-order valence-electron chi connectivity index (χ4n) is 2.96. The minimum absolute atomic E-state index is 0.000789. The van der Waals surface area contributed by atoms with Gasteiger partial charge in [-0.05, 0) is 51.9 Å². The molecule has 0 spiro atoms. The van der Waals surface area contributed by atoms with E-state index in [0.717, 1.165) is 6.07 Å². The number of ether oxygens (including phenoxy) is 1. The maximum atomic E-state index is 13.9. The molecule has 1 aromatic carbocycles. The molecule has 1 amide bonds. The third-order valence-corrected chi connectivity index (χ3v) is 6.08. The molecule has 0 bridgehead atoms. The largest absolute Gasteiger partial charge is 0.494 e. The first-order valence-electron chi connectivity index (χ1n) is 8.90. The van der Waals surface area contributed by atoms with Crippen LogP contribution in [0.3, 0.4) is 0 Å². The van der Waals surface area contributed by atoms with Gasteiger partial charge in [-0.25, -0.2) is 12.8 Å². The lowest BCUT2D eigenvalue weighted by molar-refractivity contribution is -0.123. The Hall–Kier alpha value is -1.71. The first kappa shape index (κ1) is 21.6. The van der Waals surface area contributed by atoms with Gasteiger partial charge in [-0.3, -0.25) is 9.69 Å². The van der Waals surface area contributed by atoms with Gasteiger partial charge in [0.25, 0.3) is 0 Å². The molecule has 7 nitrogen and oxygen atoms in total. The molecule has 0 saturated carbocycles. The van der Waals surface area contributed by atoms with E-state index in [-0.39, 0.29) is 35.2 Å². The highest BCUT2D eigenvalue weighted by Gasteiger charge is 2.28. The van der Waals surface area contributed by atoms with Gasteiger partial charge in [-0.15, -0.1) is 0 Å². The third kappa shape index (κ3) is 5.88. The van der Waals surface area contributed by atoms with Crippen LogP contribution < -0.4 is 10.1 Å². The average Bonchev–Trinajstić information content (AvgIpc) is 2.79. The van der Waals surface area contributed by atoms with Crippen molar-refractivity contribution in [2.24, 2.45) is 0 Å². The van der Waals surface area contributed by atoms with Crippen molar-refractivity contribution in [1.82, 2.24) is 14.5 Å². The van der Waals surface area contributed by atoms with Crippen molar-refractivity contribution in [3.63, 3.8) is 0 Å². The summed E-state index contributed by atoms with van der Waals surface area (Å²) in [5.41, 5.74) is -0.309. The zero-order valence-corrected chi connectivity index (χ0v) is 17.1. The van der Waals surface area contributed by atoms with Gasteiger partial charge in [-0.1, -0.05) is 0 Å². The molecule has 1 saturated heterocycles. The Morgan fingerprint density at radius 2 is 1.93 bits per heavy atom. The zero-order chi connectivity index (χ0) is 20.2. The van der Waals surface area contributed by atoms with E-state index in [1.807, 2.05) is 25.7 Å². The third-order valence-electron chi connectivity index (χ3n) is 4.19. The summed E-state index contributed by atoms with van der Waals surface area (Å²) in [7, 11) is -2.48. The van der Waals surface area contributed by atoms with Gasteiger partial charge >= 0.3 is 0 Å². The Morgan fingerprint density at radius 3 is 2.52 bits per heavy atom. The van der Waals surface area contributed by atoms with Gasteiger partial charge in [0, 0.05) is 25.2 Å². The first-order valence-corrected chi connectivity index (χ1v) is 10.3.